The van der Waals surface area contributed by atoms with Gasteiger partial charge < -0.3 is 15.3 Å². The van der Waals surface area contributed by atoms with E-state index in [-0.39, 0.29) is 12.6 Å². The van der Waals surface area contributed by atoms with Gasteiger partial charge in [-0.1, -0.05) is 31.5 Å². The van der Waals surface area contributed by atoms with Crippen molar-refractivity contribution in [2.45, 2.75) is 39.8 Å². The highest BCUT2D eigenvalue weighted by Crippen LogP contribution is 2.15. The highest BCUT2D eigenvalue weighted by molar-refractivity contribution is 5.47. The summed E-state index contributed by atoms with van der Waals surface area (Å²) in [6.07, 6.45) is 0. The molecule has 1 aromatic carbocycles. The van der Waals surface area contributed by atoms with E-state index in [4.69, 9.17) is 0 Å². The molecule has 0 aliphatic rings. The van der Waals surface area contributed by atoms with E-state index in [1.807, 2.05) is 0 Å². The fourth-order valence-corrected chi connectivity index (χ4v) is 2.07. The molecule has 0 saturated carbocycles. The molecule has 0 saturated heterocycles. The molecule has 3 nitrogen and oxygen atoms in total. The van der Waals surface area contributed by atoms with Gasteiger partial charge in [-0.05, 0) is 26.0 Å². The van der Waals surface area contributed by atoms with Crippen LogP contribution in [0.15, 0.2) is 24.3 Å². The van der Waals surface area contributed by atoms with Gasteiger partial charge in [0.25, 0.3) is 0 Å². The van der Waals surface area contributed by atoms with Crippen molar-refractivity contribution in [3.63, 3.8) is 0 Å². The average Bonchev–Trinajstić information content (AvgIpc) is 2.35. The summed E-state index contributed by atoms with van der Waals surface area (Å²) in [5, 5.41) is 12.8. The summed E-state index contributed by atoms with van der Waals surface area (Å²) < 4.78 is 0. The standard InChI is InChI=1S/C15H26N2O/c1-5-17(10-14(11-18)16-12(2)3)15-8-6-13(4)7-9-15/h6-9,12,14,16,18H,5,10-11H2,1-4H3. The van der Waals surface area contributed by atoms with Crippen molar-refractivity contribution in [2.24, 2.45) is 0 Å². The summed E-state index contributed by atoms with van der Waals surface area (Å²) in [6, 6.07) is 9.04. The van der Waals surface area contributed by atoms with Crippen LogP contribution < -0.4 is 10.2 Å². The molecule has 0 aliphatic heterocycles. The van der Waals surface area contributed by atoms with Gasteiger partial charge in [-0.2, -0.15) is 0 Å². The Labute approximate surface area is 111 Å². The number of anilines is 1. The Kier molecular flexibility index (Phi) is 6.16. The predicted molar refractivity (Wildman–Crippen MR) is 78.2 cm³/mol. The lowest BCUT2D eigenvalue weighted by atomic mass is 10.2. The number of rotatable bonds is 7. The smallest absolute Gasteiger partial charge is 0.0602 e. The first-order valence-corrected chi connectivity index (χ1v) is 6.75. The molecule has 1 unspecified atom stereocenters. The van der Waals surface area contributed by atoms with Crippen LogP contribution in [0.2, 0.25) is 0 Å². The minimum Gasteiger partial charge on any atom is -0.395 e. The van der Waals surface area contributed by atoms with Crippen LogP contribution in [0.3, 0.4) is 0 Å². The van der Waals surface area contributed by atoms with Gasteiger partial charge in [-0.25, -0.2) is 0 Å². The number of aryl methyl sites for hydroxylation is 1. The van der Waals surface area contributed by atoms with Crippen LogP contribution in [-0.4, -0.2) is 36.9 Å². The Morgan fingerprint density at radius 1 is 1.22 bits per heavy atom. The molecule has 18 heavy (non-hydrogen) atoms. The molecule has 102 valence electrons. The molecule has 1 aromatic rings. The van der Waals surface area contributed by atoms with Crippen LogP contribution in [0.1, 0.15) is 26.3 Å². The molecular weight excluding hydrogens is 224 g/mol. The monoisotopic (exact) mass is 250 g/mol. The summed E-state index contributed by atoms with van der Waals surface area (Å²) in [4.78, 5) is 2.29. The molecule has 3 heteroatoms. The summed E-state index contributed by atoms with van der Waals surface area (Å²) in [5.74, 6) is 0. The van der Waals surface area contributed by atoms with Crippen LogP contribution >= 0.6 is 0 Å². The van der Waals surface area contributed by atoms with Gasteiger partial charge in [0.1, 0.15) is 0 Å². The van der Waals surface area contributed by atoms with E-state index in [0.29, 0.717) is 6.04 Å². The number of benzene rings is 1. The Hall–Kier alpha value is -1.06. The van der Waals surface area contributed by atoms with E-state index >= 15 is 0 Å². The zero-order valence-electron chi connectivity index (χ0n) is 12.0. The highest BCUT2D eigenvalue weighted by Gasteiger charge is 2.13. The van der Waals surface area contributed by atoms with Crippen LogP contribution in [0.25, 0.3) is 0 Å². The van der Waals surface area contributed by atoms with E-state index in [1.165, 1.54) is 11.3 Å². The second kappa shape index (κ2) is 7.39. The second-order valence-corrected chi connectivity index (χ2v) is 5.08. The number of aliphatic hydroxyl groups excluding tert-OH is 1. The van der Waals surface area contributed by atoms with E-state index in [9.17, 15) is 5.11 Å². The Balaban J connectivity index is 2.68. The lowest BCUT2D eigenvalue weighted by Crippen LogP contribution is -2.46. The van der Waals surface area contributed by atoms with Gasteiger partial charge in [0, 0.05) is 30.9 Å². The van der Waals surface area contributed by atoms with Crippen LogP contribution in [-0.2, 0) is 0 Å². The molecule has 0 fully saturated rings. The third-order valence-corrected chi connectivity index (χ3v) is 3.01. The van der Waals surface area contributed by atoms with Crippen molar-refractivity contribution in [2.75, 3.05) is 24.6 Å². The van der Waals surface area contributed by atoms with E-state index in [2.05, 4.69) is 62.2 Å². The van der Waals surface area contributed by atoms with Crippen molar-refractivity contribution in [1.82, 2.24) is 5.32 Å². The van der Waals surface area contributed by atoms with Gasteiger partial charge in [-0.3, -0.25) is 0 Å². The molecule has 0 aliphatic carbocycles. The minimum atomic E-state index is 0.117. The van der Waals surface area contributed by atoms with Gasteiger partial charge in [0.15, 0.2) is 0 Å². The normalized spacial score (nSPS) is 12.8. The van der Waals surface area contributed by atoms with E-state index in [0.717, 1.165) is 13.1 Å². The van der Waals surface area contributed by atoms with Crippen LogP contribution in [0.5, 0.6) is 0 Å². The summed E-state index contributed by atoms with van der Waals surface area (Å²) in [6.45, 7) is 10.4. The lowest BCUT2D eigenvalue weighted by molar-refractivity contribution is 0.237. The van der Waals surface area contributed by atoms with Crippen molar-refractivity contribution in [3.8, 4) is 0 Å². The topological polar surface area (TPSA) is 35.5 Å². The van der Waals surface area contributed by atoms with Gasteiger partial charge >= 0.3 is 0 Å². The molecule has 0 heterocycles. The van der Waals surface area contributed by atoms with Crippen molar-refractivity contribution in [1.29, 1.82) is 0 Å². The lowest BCUT2D eigenvalue weighted by Gasteiger charge is -2.29. The number of nitrogens with one attached hydrogen (secondary N) is 1. The molecule has 1 rings (SSSR count). The molecule has 0 aromatic heterocycles. The van der Waals surface area contributed by atoms with E-state index in [1.54, 1.807) is 0 Å². The zero-order valence-corrected chi connectivity index (χ0v) is 12.0. The molecular formula is C15H26N2O. The number of aliphatic hydroxyl groups is 1. The maximum Gasteiger partial charge on any atom is 0.0602 e. The Bertz CT molecular complexity index is 335. The van der Waals surface area contributed by atoms with Crippen molar-refractivity contribution < 1.29 is 5.11 Å². The zero-order chi connectivity index (χ0) is 13.5. The Morgan fingerprint density at radius 3 is 2.28 bits per heavy atom. The molecule has 0 spiro atoms. The summed E-state index contributed by atoms with van der Waals surface area (Å²) in [7, 11) is 0. The molecule has 0 radical (unpaired) electrons. The number of likely N-dealkylation sites (N-methyl/N-ethyl adjacent to an activating group) is 1. The minimum absolute atomic E-state index is 0.117. The van der Waals surface area contributed by atoms with Crippen LogP contribution in [0.4, 0.5) is 5.69 Å². The SMILES string of the molecule is CCN(CC(CO)NC(C)C)c1ccc(C)cc1. The van der Waals surface area contributed by atoms with Gasteiger partial charge in [0.05, 0.1) is 6.61 Å². The summed E-state index contributed by atoms with van der Waals surface area (Å²) in [5.41, 5.74) is 2.49. The average molecular weight is 250 g/mol. The van der Waals surface area contributed by atoms with Gasteiger partial charge in [-0.15, -0.1) is 0 Å². The van der Waals surface area contributed by atoms with Crippen molar-refractivity contribution >= 4 is 5.69 Å². The first kappa shape index (κ1) is 15.0. The third kappa shape index (κ3) is 4.67. The maximum absolute atomic E-state index is 9.42. The highest BCUT2D eigenvalue weighted by atomic mass is 16.3. The number of nitrogens with zero attached hydrogens (tertiary/aromatic N) is 1. The molecule has 1 atom stereocenters. The Morgan fingerprint density at radius 2 is 1.83 bits per heavy atom. The predicted octanol–water partition coefficient (Wildman–Crippen LogP) is 2.18. The fourth-order valence-electron chi connectivity index (χ4n) is 2.07. The second-order valence-electron chi connectivity index (χ2n) is 5.08. The maximum atomic E-state index is 9.42. The van der Waals surface area contributed by atoms with Crippen molar-refractivity contribution in [3.05, 3.63) is 29.8 Å². The van der Waals surface area contributed by atoms with Gasteiger partial charge in [0.2, 0.25) is 0 Å². The quantitative estimate of drug-likeness (QED) is 0.778. The van der Waals surface area contributed by atoms with Crippen LogP contribution in [0, 0.1) is 6.92 Å². The fraction of sp³-hybridized carbons (Fsp3) is 0.600. The molecule has 2 N–H and O–H groups in total. The first-order chi connectivity index (χ1) is 8.56. The molecule has 0 amide bonds. The number of hydrogen-bond acceptors (Lipinski definition) is 3. The first-order valence-electron chi connectivity index (χ1n) is 6.75. The molecule has 0 bridgehead atoms. The third-order valence-electron chi connectivity index (χ3n) is 3.01. The number of hydrogen-bond donors (Lipinski definition) is 2. The van der Waals surface area contributed by atoms with E-state index < -0.39 is 0 Å². The largest absolute Gasteiger partial charge is 0.395 e. The summed E-state index contributed by atoms with van der Waals surface area (Å²) >= 11 is 0.